The summed E-state index contributed by atoms with van der Waals surface area (Å²) in [6.45, 7) is 2.05. The van der Waals surface area contributed by atoms with Crippen LogP contribution in [0.3, 0.4) is 0 Å². The van der Waals surface area contributed by atoms with E-state index >= 15 is 0 Å². The topological polar surface area (TPSA) is 54.4 Å². The van der Waals surface area contributed by atoms with Crippen LogP contribution in [0.25, 0.3) is 0 Å². The molecule has 0 aliphatic rings. The summed E-state index contributed by atoms with van der Waals surface area (Å²) >= 11 is -0.0319. The third-order valence-corrected chi connectivity index (χ3v) is 3.58. The number of carbonyl (C=O) groups is 2. The van der Waals surface area contributed by atoms with Crippen LogP contribution in [0, 0.1) is 0 Å². The van der Waals surface area contributed by atoms with Crippen LogP contribution in [0.2, 0.25) is 5.28 Å². The average molecular weight is 283 g/mol. The minimum atomic E-state index is -0.879. The van der Waals surface area contributed by atoms with Crippen molar-refractivity contribution in [1.82, 2.24) is 0 Å². The Hall–Kier alpha value is -1.89. The van der Waals surface area contributed by atoms with Gasteiger partial charge in [0.15, 0.2) is 0 Å². The number of rotatable bonds is 4. The van der Waals surface area contributed by atoms with Gasteiger partial charge in [-0.15, -0.1) is 0 Å². The van der Waals surface area contributed by atoms with Gasteiger partial charge in [-0.1, -0.05) is 60.7 Å². The molecule has 0 unspecified atom stereocenters. The second-order valence-corrected chi connectivity index (χ2v) is 5.76. The maximum atomic E-state index is 11.3. The van der Waals surface area contributed by atoms with Gasteiger partial charge in [0.05, 0.1) is 10.2 Å². The lowest BCUT2D eigenvalue weighted by Crippen LogP contribution is -2.07. The van der Waals surface area contributed by atoms with Crippen molar-refractivity contribution in [1.29, 1.82) is 0 Å². The lowest BCUT2D eigenvalue weighted by molar-refractivity contribution is 0.0696. The van der Waals surface area contributed by atoms with Crippen LogP contribution < -0.4 is 0 Å². The van der Waals surface area contributed by atoms with Crippen molar-refractivity contribution in [2.45, 2.75) is 12.2 Å². The molecule has 0 aromatic heterocycles. The van der Waals surface area contributed by atoms with Crippen LogP contribution in [-0.2, 0) is 0 Å². The Labute approximate surface area is 125 Å². The van der Waals surface area contributed by atoms with Crippen molar-refractivity contribution in [3.8, 4) is 0 Å². The first-order chi connectivity index (χ1) is 9.65. The number of carboxylic acid groups (broad SMARTS) is 1. The molecule has 0 atom stereocenters. The molecule has 0 bridgehead atoms. The number of benzene rings is 2. The molecule has 1 radical (unpaired) electrons. The van der Waals surface area contributed by atoms with Crippen LogP contribution in [0.1, 0.15) is 27.6 Å². The molecule has 2 rings (SSSR count). The van der Waals surface area contributed by atoms with E-state index in [1.165, 1.54) is 0 Å². The van der Waals surface area contributed by atoms with Gasteiger partial charge in [-0.25, -0.2) is 4.79 Å². The highest BCUT2D eigenvalue weighted by molar-refractivity contribution is 6.77. The lowest BCUT2D eigenvalue weighted by Gasteiger charge is -1.95. The highest BCUT2D eigenvalue weighted by atomic mass is 27.1. The van der Waals surface area contributed by atoms with E-state index in [1.807, 2.05) is 30.3 Å². The van der Waals surface area contributed by atoms with Gasteiger partial charge in [0.25, 0.3) is 0 Å². The lowest BCUT2D eigenvalue weighted by atomic mass is 10.2. The fourth-order valence-corrected chi connectivity index (χ4v) is 2.29. The van der Waals surface area contributed by atoms with Crippen molar-refractivity contribution in [3.63, 3.8) is 0 Å². The van der Waals surface area contributed by atoms with E-state index in [9.17, 15) is 9.59 Å². The molecule has 20 heavy (non-hydrogen) atoms. The summed E-state index contributed by atoms with van der Waals surface area (Å²) in [7, 11) is 0. The molecule has 2 aromatic carbocycles. The molecule has 0 aliphatic carbocycles. The smallest absolute Gasteiger partial charge is 0.335 e. The van der Waals surface area contributed by atoms with Gasteiger partial charge in [0, 0.05) is 0 Å². The minimum Gasteiger partial charge on any atom is -0.478 e. The zero-order chi connectivity index (χ0) is 14.8. The zero-order valence-corrected chi connectivity index (χ0v) is 12.5. The molecule has 0 amide bonds. The van der Waals surface area contributed by atoms with E-state index in [0.29, 0.717) is 10.2 Å². The van der Waals surface area contributed by atoms with Gasteiger partial charge in [0.1, 0.15) is 0 Å². The summed E-state index contributed by atoms with van der Waals surface area (Å²) in [5.41, 5.74) is 1.20. The third kappa shape index (κ3) is 5.84. The predicted octanol–water partition coefficient (Wildman–Crippen LogP) is 3.35. The summed E-state index contributed by atoms with van der Waals surface area (Å²) in [6.07, 6.45) is 0. The van der Waals surface area contributed by atoms with Gasteiger partial charge >= 0.3 is 21.2 Å². The third-order valence-electron chi connectivity index (χ3n) is 2.47. The number of aromatic carboxylic acids is 1. The van der Waals surface area contributed by atoms with E-state index in [2.05, 4.69) is 6.92 Å². The molecular formula is C16H16AlO3. The second-order valence-electron chi connectivity index (χ2n) is 4.01. The van der Waals surface area contributed by atoms with Crippen molar-refractivity contribution in [3.05, 3.63) is 71.8 Å². The van der Waals surface area contributed by atoms with E-state index in [-0.39, 0.29) is 15.2 Å². The molecule has 0 fully saturated rings. The van der Waals surface area contributed by atoms with Crippen LogP contribution >= 0.6 is 0 Å². The molecule has 4 heteroatoms. The molecule has 0 aliphatic heterocycles. The van der Waals surface area contributed by atoms with E-state index in [4.69, 9.17) is 5.11 Å². The van der Waals surface area contributed by atoms with Gasteiger partial charge < -0.3 is 9.90 Å². The van der Waals surface area contributed by atoms with Crippen molar-refractivity contribution < 1.29 is 14.7 Å². The molecular weight excluding hydrogens is 267 g/mol. The Bertz CT molecular complexity index is 538. The standard InChI is InChI=1S/C7H6O2.C7H5O.C2H5.Al/c8-7(9)6-4-2-1-3-5-6;8-6-7-4-2-1-3-5-7;1-2;/h1-5H,(H,8,9);1-5H;1H2,2H3;. The summed E-state index contributed by atoms with van der Waals surface area (Å²) in [6, 6.07) is 17.8. The summed E-state index contributed by atoms with van der Waals surface area (Å²) in [5.74, 6) is -0.879. The van der Waals surface area contributed by atoms with E-state index in [0.717, 1.165) is 10.8 Å². The summed E-state index contributed by atoms with van der Waals surface area (Å²) in [4.78, 5) is 21.5. The first-order valence-corrected chi connectivity index (χ1v) is 7.75. The van der Waals surface area contributed by atoms with Gasteiger partial charge in [-0.3, -0.25) is 0 Å². The number of hydrogen-bond acceptors (Lipinski definition) is 2. The average Bonchev–Trinajstić information content (AvgIpc) is 2.50. The van der Waals surface area contributed by atoms with Crippen molar-refractivity contribution in [2.75, 3.05) is 0 Å². The molecule has 0 saturated heterocycles. The molecule has 0 heterocycles. The van der Waals surface area contributed by atoms with E-state index in [1.54, 1.807) is 30.3 Å². The fraction of sp³-hybridized carbons (Fsp3) is 0.125. The highest BCUT2D eigenvalue weighted by Gasteiger charge is 2.03. The maximum Gasteiger partial charge on any atom is 0.335 e. The molecule has 3 nitrogen and oxygen atoms in total. The minimum absolute atomic E-state index is 0.0319. The molecule has 0 saturated carbocycles. The number of carbonyl (C=O) groups excluding carboxylic acids is 1. The zero-order valence-electron chi connectivity index (χ0n) is 11.3. The van der Waals surface area contributed by atoms with Crippen LogP contribution in [0.15, 0.2) is 60.7 Å². The fourth-order valence-electron chi connectivity index (χ4n) is 1.49. The normalized spacial score (nSPS) is 9.05. The molecule has 101 valence electrons. The van der Waals surface area contributed by atoms with Crippen LogP contribution in [0.5, 0.6) is 0 Å². The number of hydrogen-bond donors (Lipinski definition) is 1. The summed E-state index contributed by atoms with van der Waals surface area (Å²) in [5, 5.41) is 9.39. The Balaban J connectivity index is 0.000000204. The quantitative estimate of drug-likeness (QED) is 0.875. The molecule has 1 N–H and O–H groups in total. The van der Waals surface area contributed by atoms with Gasteiger partial charge in [0.2, 0.25) is 0 Å². The van der Waals surface area contributed by atoms with Crippen LogP contribution in [-0.4, -0.2) is 30.9 Å². The number of carboxylic acids is 1. The SMILES string of the molecule is C[CH2][Al][C](=O)c1ccccc1.O=C(O)c1ccccc1. The van der Waals surface area contributed by atoms with Crippen LogP contribution in [0.4, 0.5) is 0 Å². The Morgan fingerprint density at radius 3 is 1.70 bits per heavy atom. The maximum absolute atomic E-state index is 11.3. The Morgan fingerprint density at radius 2 is 1.35 bits per heavy atom. The van der Waals surface area contributed by atoms with Crippen molar-refractivity contribution in [2.24, 2.45) is 0 Å². The summed E-state index contributed by atoms with van der Waals surface area (Å²) < 4.78 is 0.327. The van der Waals surface area contributed by atoms with Gasteiger partial charge in [-0.05, 0) is 17.7 Å². The van der Waals surface area contributed by atoms with Crippen molar-refractivity contribution >= 4 is 25.8 Å². The first kappa shape index (κ1) is 16.2. The monoisotopic (exact) mass is 283 g/mol. The largest absolute Gasteiger partial charge is 0.478 e. The molecule has 0 spiro atoms. The van der Waals surface area contributed by atoms with E-state index < -0.39 is 5.97 Å². The second kappa shape index (κ2) is 9.09. The predicted molar refractivity (Wildman–Crippen MR) is 80.4 cm³/mol. The molecule has 2 aromatic rings. The Morgan fingerprint density at radius 1 is 0.900 bits per heavy atom. The first-order valence-electron chi connectivity index (χ1n) is 6.36. The highest BCUT2D eigenvalue weighted by Crippen LogP contribution is 1.99. The Kier molecular flexibility index (Phi) is 7.34. The van der Waals surface area contributed by atoms with Gasteiger partial charge in [-0.2, -0.15) is 0 Å².